The summed E-state index contributed by atoms with van der Waals surface area (Å²) >= 11 is 4.97. The Bertz CT molecular complexity index is 542. The van der Waals surface area contributed by atoms with E-state index in [-0.39, 0.29) is 0 Å². The van der Waals surface area contributed by atoms with Crippen molar-refractivity contribution in [3.63, 3.8) is 0 Å². The molecule has 0 aliphatic heterocycles. The molecule has 3 nitrogen and oxygen atoms in total. The van der Waals surface area contributed by atoms with Crippen LogP contribution in [0.25, 0.3) is 0 Å². The van der Waals surface area contributed by atoms with Gasteiger partial charge in [-0.1, -0.05) is 15.9 Å². The maximum atomic E-state index is 10.3. The van der Waals surface area contributed by atoms with Gasteiger partial charge in [-0.05, 0) is 25.1 Å². The van der Waals surface area contributed by atoms with Crippen LogP contribution in [0.15, 0.2) is 28.1 Å². The number of aryl methyl sites for hydroxylation is 1. The van der Waals surface area contributed by atoms with Gasteiger partial charge < -0.3 is 9.84 Å². The molecule has 0 fully saturated rings. The van der Waals surface area contributed by atoms with Crippen LogP contribution in [-0.4, -0.2) is 17.2 Å². The lowest BCUT2D eigenvalue weighted by atomic mass is 10.1. The molecule has 0 saturated heterocycles. The van der Waals surface area contributed by atoms with Crippen molar-refractivity contribution in [2.45, 2.75) is 19.4 Å². The van der Waals surface area contributed by atoms with Crippen LogP contribution < -0.4 is 4.74 Å². The van der Waals surface area contributed by atoms with Crippen LogP contribution >= 0.6 is 27.3 Å². The Hall–Kier alpha value is -0.910. The van der Waals surface area contributed by atoms with Crippen LogP contribution in [0.4, 0.5) is 0 Å². The van der Waals surface area contributed by atoms with E-state index in [0.717, 1.165) is 20.7 Å². The zero-order valence-corrected chi connectivity index (χ0v) is 12.6. The van der Waals surface area contributed by atoms with Crippen LogP contribution in [0.1, 0.15) is 22.4 Å². The molecule has 0 spiro atoms. The number of ether oxygens (including phenoxy) is 1. The number of thiazole rings is 1. The molecule has 1 unspecified atom stereocenters. The third-order valence-electron chi connectivity index (χ3n) is 2.59. The van der Waals surface area contributed by atoms with E-state index in [4.69, 9.17) is 4.74 Å². The zero-order chi connectivity index (χ0) is 13.1. The largest absolute Gasteiger partial charge is 0.496 e. The van der Waals surface area contributed by atoms with Gasteiger partial charge >= 0.3 is 0 Å². The minimum absolute atomic E-state index is 0.505. The Morgan fingerprint density at radius 3 is 2.89 bits per heavy atom. The van der Waals surface area contributed by atoms with Crippen molar-refractivity contribution < 1.29 is 9.84 Å². The molecule has 1 aromatic carbocycles. The van der Waals surface area contributed by atoms with Crippen molar-refractivity contribution in [3.8, 4) is 5.75 Å². The summed E-state index contributed by atoms with van der Waals surface area (Å²) in [5, 5.41) is 13.2. The minimum Gasteiger partial charge on any atom is -0.496 e. The smallest absolute Gasteiger partial charge is 0.124 e. The predicted molar refractivity (Wildman–Crippen MR) is 76.2 cm³/mol. The molecule has 1 N–H and O–H groups in total. The maximum Gasteiger partial charge on any atom is 0.124 e. The van der Waals surface area contributed by atoms with E-state index >= 15 is 0 Å². The fraction of sp³-hybridized carbons (Fsp3) is 0.308. The number of aliphatic hydroxyl groups is 1. The molecule has 5 heteroatoms. The van der Waals surface area contributed by atoms with Gasteiger partial charge in [-0.25, -0.2) is 4.98 Å². The van der Waals surface area contributed by atoms with E-state index in [0.29, 0.717) is 12.2 Å². The van der Waals surface area contributed by atoms with Crippen molar-refractivity contribution in [1.29, 1.82) is 0 Å². The summed E-state index contributed by atoms with van der Waals surface area (Å²) in [6.07, 6.45) is -0.103. The Morgan fingerprint density at radius 1 is 1.50 bits per heavy atom. The molecule has 0 saturated carbocycles. The first kappa shape index (κ1) is 13.5. The first-order chi connectivity index (χ1) is 8.60. The van der Waals surface area contributed by atoms with Gasteiger partial charge in [-0.2, -0.15) is 0 Å². The van der Waals surface area contributed by atoms with Crippen molar-refractivity contribution >= 4 is 27.3 Å². The molecule has 0 aliphatic rings. The monoisotopic (exact) mass is 327 g/mol. The Labute approximate surface area is 119 Å². The van der Waals surface area contributed by atoms with Gasteiger partial charge in [0.2, 0.25) is 0 Å². The van der Waals surface area contributed by atoms with Crippen LogP contribution in [0.3, 0.4) is 0 Å². The van der Waals surface area contributed by atoms with Crippen molar-refractivity contribution in [3.05, 3.63) is 44.3 Å². The van der Waals surface area contributed by atoms with Crippen molar-refractivity contribution in [2.24, 2.45) is 0 Å². The number of benzene rings is 1. The third-order valence-corrected chi connectivity index (χ3v) is 4.07. The topological polar surface area (TPSA) is 42.4 Å². The second kappa shape index (κ2) is 5.82. The average molecular weight is 328 g/mol. The predicted octanol–water partition coefficient (Wildman–Crippen LogP) is 3.50. The SMILES string of the molecule is COc1ccc(Br)cc1C(O)Cc1nc(C)cs1. The number of methoxy groups -OCH3 is 1. The fourth-order valence-corrected chi connectivity index (χ4v) is 2.93. The molecular weight excluding hydrogens is 314 g/mol. The minimum atomic E-state index is -0.608. The highest BCUT2D eigenvalue weighted by Crippen LogP contribution is 2.30. The van der Waals surface area contributed by atoms with Gasteiger partial charge in [0.05, 0.1) is 18.2 Å². The van der Waals surface area contributed by atoms with Crippen molar-refractivity contribution in [2.75, 3.05) is 7.11 Å². The highest BCUT2D eigenvalue weighted by Gasteiger charge is 2.16. The number of hydrogen-bond donors (Lipinski definition) is 1. The summed E-state index contributed by atoms with van der Waals surface area (Å²) in [6.45, 7) is 1.95. The number of halogens is 1. The van der Waals surface area contributed by atoms with Crippen LogP contribution in [0.5, 0.6) is 5.75 Å². The van der Waals surface area contributed by atoms with Gasteiger partial charge in [-0.15, -0.1) is 11.3 Å². The molecule has 0 aliphatic carbocycles. The van der Waals surface area contributed by atoms with E-state index in [2.05, 4.69) is 20.9 Å². The van der Waals surface area contributed by atoms with Crippen LogP contribution in [0, 0.1) is 6.92 Å². The first-order valence-electron chi connectivity index (χ1n) is 5.52. The molecule has 18 heavy (non-hydrogen) atoms. The lowest BCUT2D eigenvalue weighted by Crippen LogP contribution is -2.04. The summed E-state index contributed by atoms with van der Waals surface area (Å²) in [4.78, 5) is 4.36. The molecular formula is C13H14BrNO2S. The second-order valence-electron chi connectivity index (χ2n) is 3.99. The summed E-state index contributed by atoms with van der Waals surface area (Å²) in [5.74, 6) is 0.693. The Morgan fingerprint density at radius 2 is 2.28 bits per heavy atom. The molecule has 1 atom stereocenters. The van der Waals surface area contributed by atoms with Crippen LogP contribution in [-0.2, 0) is 6.42 Å². The highest BCUT2D eigenvalue weighted by atomic mass is 79.9. The summed E-state index contributed by atoms with van der Waals surface area (Å²) < 4.78 is 6.19. The number of nitrogens with zero attached hydrogens (tertiary/aromatic N) is 1. The van der Waals surface area contributed by atoms with E-state index in [1.807, 2.05) is 30.5 Å². The van der Waals surface area contributed by atoms with Gasteiger partial charge in [0.15, 0.2) is 0 Å². The highest BCUT2D eigenvalue weighted by molar-refractivity contribution is 9.10. The van der Waals surface area contributed by atoms with Gasteiger partial charge in [0.1, 0.15) is 5.75 Å². The number of rotatable bonds is 4. The first-order valence-corrected chi connectivity index (χ1v) is 7.20. The lowest BCUT2D eigenvalue weighted by molar-refractivity contribution is 0.174. The molecule has 2 aromatic rings. The third kappa shape index (κ3) is 3.10. The Balaban J connectivity index is 2.22. The molecule has 2 rings (SSSR count). The summed E-state index contributed by atoms with van der Waals surface area (Å²) in [6, 6.07) is 5.61. The van der Waals surface area contributed by atoms with Crippen LogP contribution in [0.2, 0.25) is 0 Å². The quantitative estimate of drug-likeness (QED) is 0.934. The molecule has 1 heterocycles. The molecule has 96 valence electrons. The second-order valence-corrected chi connectivity index (χ2v) is 5.85. The number of hydrogen-bond acceptors (Lipinski definition) is 4. The normalized spacial score (nSPS) is 12.4. The van der Waals surface area contributed by atoms with Gasteiger partial charge in [0, 0.05) is 27.5 Å². The van der Waals surface area contributed by atoms with E-state index in [1.165, 1.54) is 0 Å². The zero-order valence-electron chi connectivity index (χ0n) is 10.2. The average Bonchev–Trinajstić information content (AvgIpc) is 2.74. The maximum absolute atomic E-state index is 10.3. The lowest BCUT2D eigenvalue weighted by Gasteiger charge is -2.14. The van der Waals surface area contributed by atoms with E-state index in [1.54, 1.807) is 18.4 Å². The number of aromatic nitrogens is 1. The summed E-state index contributed by atoms with van der Waals surface area (Å²) in [5.41, 5.74) is 1.77. The standard InChI is InChI=1S/C13H14BrNO2S/c1-8-7-18-13(15-8)6-11(16)10-5-9(14)3-4-12(10)17-2/h3-5,7,11,16H,6H2,1-2H3. The van der Waals surface area contributed by atoms with Gasteiger partial charge in [-0.3, -0.25) is 0 Å². The molecule has 0 radical (unpaired) electrons. The number of aliphatic hydroxyl groups excluding tert-OH is 1. The fourth-order valence-electron chi connectivity index (χ4n) is 1.74. The molecule has 0 amide bonds. The molecule has 0 bridgehead atoms. The Kier molecular flexibility index (Phi) is 4.37. The molecule has 1 aromatic heterocycles. The summed E-state index contributed by atoms with van der Waals surface area (Å²) in [7, 11) is 1.60. The van der Waals surface area contributed by atoms with Gasteiger partial charge in [0.25, 0.3) is 0 Å². The van der Waals surface area contributed by atoms with E-state index < -0.39 is 6.10 Å². The van der Waals surface area contributed by atoms with Crippen molar-refractivity contribution in [1.82, 2.24) is 4.98 Å². The van der Waals surface area contributed by atoms with E-state index in [9.17, 15) is 5.11 Å².